The molecule has 3 heteroatoms. The average molecular weight is 223 g/mol. The van der Waals surface area contributed by atoms with Gasteiger partial charge < -0.3 is 10.1 Å². The molecule has 16 heavy (non-hydrogen) atoms. The molecular weight excluding hydrogens is 205 g/mol. The molecule has 2 unspecified atom stereocenters. The summed E-state index contributed by atoms with van der Waals surface area (Å²) in [6.45, 7) is 2.77. The summed E-state index contributed by atoms with van der Waals surface area (Å²) >= 11 is 0. The first-order chi connectivity index (χ1) is 7.65. The van der Waals surface area contributed by atoms with Gasteiger partial charge in [-0.3, -0.25) is 0 Å². The average Bonchev–Trinajstić information content (AvgIpc) is 2.77. The van der Waals surface area contributed by atoms with E-state index in [-0.39, 0.29) is 12.6 Å². The largest absolute Gasteiger partial charge is 0.378 e. The molecule has 0 aliphatic carbocycles. The lowest BCUT2D eigenvalue weighted by atomic mass is 9.92. The van der Waals surface area contributed by atoms with Gasteiger partial charge in [0.15, 0.2) is 5.67 Å². The van der Waals surface area contributed by atoms with Crippen LogP contribution in [0.2, 0.25) is 0 Å². The maximum atomic E-state index is 14.4. The van der Waals surface area contributed by atoms with Crippen molar-refractivity contribution >= 4 is 0 Å². The van der Waals surface area contributed by atoms with Gasteiger partial charge in [-0.1, -0.05) is 24.3 Å². The Hall–Kier alpha value is -0.930. The highest BCUT2D eigenvalue weighted by Gasteiger charge is 2.36. The lowest BCUT2D eigenvalue weighted by molar-refractivity contribution is 0.112. The third-order valence-electron chi connectivity index (χ3n) is 3.31. The van der Waals surface area contributed by atoms with Gasteiger partial charge in [0.25, 0.3) is 0 Å². The summed E-state index contributed by atoms with van der Waals surface area (Å²) < 4.78 is 19.6. The summed E-state index contributed by atoms with van der Waals surface area (Å²) in [6.07, 6.45) is 0.463. The molecular formula is C13H18FNO. The Bertz CT molecular complexity index is 361. The fourth-order valence-electron chi connectivity index (χ4n) is 2.02. The molecule has 1 saturated heterocycles. The predicted octanol–water partition coefficient (Wildman–Crippen LogP) is 2.55. The Labute approximate surface area is 95.8 Å². The molecule has 0 bridgehead atoms. The van der Waals surface area contributed by atoms with E-state index in [9.17, 15) is 4.39 Å². The summed E-state index contributed by atoms with van der Waals surface area (Å²) in [7, 11) is 1.90. The molecule has 1 N–H and O–H groups in total. The molecule has 1 aliphatic rings. The molecule has 0 radical (unpaired) electrons. The number of hydrogen-bond acceptors (Lipinski definition) is 2. The van der Waals surface area contributed by atoms with Gasteiger partial charge in [-0.25, -0.2) is 4.39 Å². The van der Waals surface area contributed by atoms with E-state index < -0.39 is 5.67 Å². The second-order valence-corrected chi connectivity index (χ2v) is 4.40. The quantitative estimate of drug-likeness (QED) is 0.850. The zero-order chi connectivity index (χ0) is 11.6. The van der Waals surface area contributed by atoms with E-state index in [1.165, 1.54) is 0 Å². The van der Waals surface area contributed by atoms with Crippen molar-refractivity contribution in [3.05, 3.63) is 35.4 Å². The molecule has 2 atom stereocenters. The Balaban J connectivity index is 2.28. The summed E-state index contributed by atoms with van der Waals surface area (Å²) in [5.41, 5.74) is 0.567. The van der Waals surface area contributed by atoms with Crippen molar-refractivity contribution in [2.24, 2.45) is 0 Å². The number of benzene rings is 1. The molecule has 0 amide bonds. The number of ether oxygens (including phenoxy) is 1. The third-order valence-corrected chi connectivity index (χ3v) is 3.31. The molecule has 1 aromatic carbocycles. The van der Waals surface area contributed by atoms with Crippen LogP contribution >= 0.6 is 0 Å². The van der Waals surface area contributed by atoms with Crippen molar-refractivity contribution < 1.29 is 9.13 Å². The summed E-state index contributed by atoms with van der Waals surface area (Å²) in [4.78, 5) is 0. The standard InChI is InChI=1S/C13H18FNO/c1-10(15-2)11-4-3-5-12(8-11)13(14)6-7-16-9-13/h3-5,8,10,15H,6-7,9H2,1-2H3. The van der Waals surface area contributed by atoms with E-state index in [1.807, 2.05) is 31.3 Å². The fraction of sp³-hybridized carbons (Fsp3) is 0.538. The smallest absolute Gasteiger partial charge is 0.161 e. The van der Waals surface area contributed by atoms with Gasteiger partial charge in [0.2, 0.25) is 0 Å². The predicted molar refractivity (Wildman–Crippen MR) is 62.1 cm³/mol. The van der Waals surface area contributed by atoms with E-state index in [2.05, 4.69) is 12.2 Å². The first-order valence-electron chi connectivity index (χ1n) is 5.70. The van der Waals surface area contributed by atoms with Crippen LogP contribution in [0.3, 0.4) is 0 Å². The van der Waals surface area contributed by atoms with Crippen LogP contribution in [0.1, 0.15) is 30.5 Å². The second-order valence-electron chi connectivity index (χ2n) is 4.40. The van der Waals surface area contributed by atoms with Crippen molar-refractivity contribution in [1.82, 2.24) is 5.32 Å². The number of halogens is 1. The Morgan fingerprint density at radius 1 is 1.50 bits per heavy atom. The summed E-state index contributed by atoms with van der Waals surface area (Å²) in [6, 6.07) is 7.96. The molecule has 0 saturated carbocycles. The van der Waals surface area contributed by atoms with Gasteiger partial charge in [0, 0.05) is 12.5 Å². The van der Waals surface area contributed by atoms with Gasteiger partial charge >= 0.3 is 0 Å². The van der Waals surface area contributed by atoms with Crippen molar-refractivity contribution in [3.63, 3.8) is 0 Å². The Morgan fingerprint density at radius 3 is 2.94 bits per heavy atom. The van der Waals surface area contributed by atoms with E-state index in [1.54, 1.807) is 0 Å². The summed E-state index contributed by atoms with van der Waals surface area (Å²) in [5.74, 6) is 0. The SMILES string of the molecule is CNC(C)c1cccc(C2(F)CCOC2)c1. The highest BCUT2D eigenvalue weighted by atomic mass is 19.1. The molecule has 88 valence electrons. The number of nitrogens with one attached hydrogen (secondary N) is 1. The van der Waals surface area contributed by atoms with Crippen LogP contribution in [0.15, 0.2) is 24.3 Å². The van der Waals surface area contributed by atoms with Gasteiger partial charge in [0.05, 0.1) is 13.2 Å². The lowest BCUT2D eigenvalue weighted by Gasteiger charge is -2.20. The van der Waals surface area contributed by atoms with E-state index in [0.717, 1.165) is 11.1 Å². The molecule has 1 heterocycles. The minimum atomic E-state index is -1.29. The van der Waals surface area contributed by atoms with Gasteiger partial charge in [0.1, 0.15) is 0 Å². The molecule has 1 aromatic rings. The summed E-state index contributed by atoms with van der Waals surface area (Å²) in [5, 5.41) is 3.16. The van der Waals surface area contributed by atoms with E-state index in [4.69, 9.17) is 4.74 Å². The van der Waals surface area contributed by atoms with Crippen molar-refractivity contribution in [1.29, 1.82) is 0 Å². The second kappa shape index (κ2) is 4.52. The third kappa shape index (κ3) is 2.11. The maximum Gasteiger partial charge on any atom is 0.161 e. The van der Waals surface area contributed by atoms with Crippen molar-refractivity contribution in [3.8, 4) is 0 Å². The highest BCUT2D eigenvalue weighted by Crippen LogP contribution is 2.35. The zero-order valence-corrected chi connectivity index (χ0v) is 9.79. The monoisotopic (exact) mass is 223 g/mol. The van der Waals surface area contributed by atoms with E-state index in [0.29, 0.717) is 13.0 Å². The first kappa shape index (κ1) is 11.6. The maximum absolute atomic E-state index is 14.4. The van der Waals surface area contributed by atoms with Crippen LogP contribution in [0, 0.1) is 0 Å². The fourth-order valence-corrected chi connectivity index (χ4v) is 2.02. The van der Waals surface area contributed by atoms with Crippen LogP contribution in [0.5, 0.6) is 0 Å². The van der Waals surface area contributed by atoms with Crippen LogP contribution in [-0.4, -0.2) is 20.3 Å². The zero-order valence-electron chi connectivity index (χ0n) is 9.79. The van der Waals surface area contributed by atoms with Crippen LogP contribution in [0.25, 0.3) is 0 Å². The van der Waals surface area contributed by atoms with Crippen LogP contribution in [-0.2, 0) is 10.4 Å². The number of hydrogen-bond donors (Lipinski definition) is 1. The molecule has 2 rings (SSSR count). The number of alkyl halides is 1. The molecule has 1 aliphatic heterocycles. The normalized spacial score (nSPS) is 26.9. The number of rotatable bonds is 3. The Morgan fingerprint density at radius 2 is 2.31 bits per heavy atom. The Kier molecular flexibility index (Phi) is 3.26. The van der Waals surface area contributed by atoms with Gasteiger partial charge in [-0.2, -0.15) is 0 Å². The van der Waals surface area contributed by atoms with E-state index >= 15 is 0 Å². The minimum Gasteiger partial charge on any atom is -0.378 e. The van der Waals surface area contributed by atoms with Gasteiger partial charge in [-0.05, 0) is 25.1 Å². The first-order valence-corrected chi connectivity index (χ1v) is 5.70. The van der Waals surface area contributed by atoms with Crippen molar-refractivity contribution in [2.45, 2.75) is 25.1 Å². The van der Waals surface area contributed by atoms with Crippen LogP contribution < -0.4 is 5.32 Å². The topological polar surface area (TPSA) is 21.3 Å². The van der Waals surface area contributed by atoms with Gasteiger partial charge in [-0.15, -0.1) is 0 Å². The molecule has 1 fully saturated rings. The van der Waals surface area contributed by atoms with Crippen molar-refractivity contribution in [2.75, 3.05) is 20.3 Å². The molecule has 0 spiro atoms. The molecule has 0 aromatic heterocycles. The van der Waals surface area contributed by atoms with Crippen LogP contribution in [0.4, 0.5) is 4.39 Å². The highest BCUT2D eigenvalue weighted by molar-refractivity contribution is 5.30. The minimum absolute atomic E-state index is 0.185. The lowest BCUT2D eigenvalue weighted by Crippen LogP contribution is -2.21. The molecule has 2 nitrogen and oxygen atoms in total.